The third kappa shape index (κ3) is 4.09. The van der Waals surface area contributed by atoms with E-state index in [1.807, 2.05) is 0 Å². The van der Waals surface area contributed by atoms with Gasteiger partial charge in [0.05, 0.1) is 0 Å². The summed E-state index contributed by atoms with van der Waals surface area (Å²) in [6.07, 6.45) is 2.69. The summed E-state index contributed by atoms with van der Waals surface area (Å²) in [6.45, 7) is 5.53. The molecule has 7 nitrogen and oxygen atoms in total. The summed E-state index contributed by atoms with van der Waals surface area (Å²) in [7, 11) is 0. The molecule has 0 bridgehead atoms. The lowest BCUT2D eigenvalue weighted by molar-refractivity contribution is 0.0529. The number of amides is 1. The van der Waals surface area contributed by atoms with E-state index in [-0.39, 0.29) is 17.7 Å². The van der Waals surface area contributed by atoms with Gasteiger partial charge in [0.2, 0.25) is 5.89 Å². The maximum Gasteiger partial charge on any atom is 0.290 e. The fourth-order valence-electron chi connectivity index (χ4n) is 2.76. The van der Waals surface area contributed by atoms with Crippen molar-refractivity contribution in [3.8, 4) is 11.8 Å². The highest BCUT2D eigenvalue weighted by molar-refractivity contribution is 5.92. The van der Waals surface area contributed by atoms with E-state index in [0.29, 0.717) is 24.0 Å². The molecule has 1 atom stereocenters. The molecule has 132 valence electrons. The van der Waals surface area contributed by atoms with Gasteiger partial charge in [-0.1, -0.05) is 11.1 Å². The summed E-state index contributed by atoms with van der Waals surface area (Å²) in [5.41, 5.74) is -1.12. The Morgan fingerprint density at radius 1 is 1.40 bits per heavy atom. The van der Waals surface area contributed by atoms with Crippen LogP contribution in [0.15, 0.2) is 21.1 Å². The standard InChI is InChI=1S/C18H21N3O4/c1-12-19-16(25-20-12)14-6-4-5-11-21(14)17(22)15-8-7-13(24-15)9-10-18(2,3)23/h7-8,14,23H,4-6,11H2,1-3H3. The minimum atomic E-state index is -1.12. The highest BCUT2D eigenvalue weighted by Crippen LogP contribution is 2.31. The van der Waals surface area contributed by atoms with Crippen LogP contribution in [-0.4, -0.2) is 38.2 Å². The van der Waals surface area contributed by atoms with Crippen molar-refractivity contribution >= 4 is 5.91 Å². The summed E-state index contributed by atoms with van der Waals surface area (Å²) >= 11 is 0. The summed E-state index contributed by atoms with van der Waals surface area (Å²) in [4.78, 5) is 18.8. The van der Waals surface area contributed by atoms with Crippen molar-refractivity contribution in [2.75, 3.05) is 6.54 Å². The second kappa shape index (κ2) is 6.73. The van der Waals surface area contributed by atoms with Gasteiger partial charge in [0.15, 0.2) is 17.3 Å². The lowest BCUT2D eigenvalue weighted by atomic mass is 10.0. The molecule has 2 aromatic heterocycles. The molecule has 1 unspecified atom stereocenters. The zero-order chi connectivity index (χ0) is 18.0. The number of piperidine rings is 1. The van der Waals surface area contributed by atoms with Crippen LogP contribution >= 0.6 is 0 Å². The van der Waals surface area contributed by atoms with Crippen LogP contribution in [0.1, 0.15) is 67.2 Å². The maximum absolute atomic E-state index is 12.8. The average Bonchev–Trinajstić information content (AvgIpc) is 3.21. The highest BCUT2D eigenvalue weighted by Gasteiger charge is 2.33. The number of aryl methyl sites for hydroxylation is 1. The lowest BCUT2D eigenvalue weighted by Crippen LogP contribution is -2.38. The second-order valence-corrected chi connectivity index (χ2v) is 6.66. The van der Waals surface area contributed by atoms with E-state index >= 15 is 0 Å². The topological polar surface area (TPSA) is 92.6 Å². The number of furan rings is 1. The molecule has 1 aliphatic rings. The summed E-state index contributed by atoms with van der Waals surface area (Å²) < 4.78 is 10.8. The Bertz CT molecular complexity index is 819. The predicted molar refractivity (Wildman–Crippen MR) is 88.5 cm³/mol. The first kappa shape index (κ1) is 17.2. The number of hydrogen-bond donors (Lipinski definition) is 1. The summed E-state index contributed by atoms with van der Waals surface area (Å²) in [6, 6.07) is 2.99. The molecule has 1 amide bonds. The molecule has 0 saturated carbocycles. The molecule has 0 radical (unpaired) electrons. The van der Waals surface area contributed by atoms with Gasteiger partial charge in [0.1, 0.15) is 11.6 Å². The Labute approximate surface area is 146 Å². The van der Waals surface area contributed by atoms with E-state index in [0.717, 1.165) is 19.3 Å². The molecule has 0 aromatic carbocycles. The SMILES string of the molecule is Cc1noc(C2CCCCN2C(=O)c2ccc(C#CC(C)(C)O)o2)n1. The van der Waals surface area contributed by atoms with Gasteiger partial charge in [-0.2, -0.15) is 4.98 Å². The van der Waals surface area contributed by atoms with Gasteiger partial charge in [-0.3, -0.25) is 4.79 Å². The highest BCUT2D eigenvalue weighted by atomic mass is 16.5. The van der Waals surface area contributed by atoms with Gasteiger partial charge in [-0.05, 0) is 58.1 Å². The number of hydrogen-bond acceptors (Lipinski definition) is 6. The lowest BCUT2D eigenvalue weighted by Gasteiger charge is -2.32. The first-order valence-electron chi connectivity index (χ1n) is 8.30. The van der Waals surface area contributed by atoms with Gasteiger partial charge in [0, 0.05) is 6.54 Å². The van der Waals surface area contributed by atoms with Gasteiger partial charge < -0.3 is 18.9 Å². The Morgan fingerprint density at radius 2 is 2.20 bits per heavy atom. The third-order valence-corrected chi connectivity index (χ3v) is 3.90. The number of carbonyl (C=O) groups excluding carboxylic acids is 1. The molecule has 1 saturated heterocycles. The first-order chi connectivity index (χ1) is 11.8. The molecule has 0 spiro atoms. The van der Waals surface area contributed by atoms with Crippen molar-refractivity contribution in [3.05, 3.63) is 35.4 Å². The number of nitrogens with zero attached hydrogens (tertiary/aromatic N) is 3. The molecular weight excluding hydrogens is 322 g/mol. The maximum atomic E-state index is 12.8. The van der Waals surface area contributed by atoms with Crippen molar-refractivity contribution in [1.82, 2.24) is 15.0 Å². The first-order valence-corrected chi connectivity index (χ1v) is 8.30. The van der Waals surface area contributed by atoms with E-state index in [2.05, 4.69) is 22.0 Å². The fraction of sp³-hybridized carbons (Fsp3) is 0.500. The second-order valence-electron chi connectivity index (χ2n) is 6.66. The zero-order valence-electron chi connectivity index (χ0n) is 14.6. The van der Waals surface area contributed by atoms with Crippen molar-refractivity contribution in [2.24, 2.45) is 0 Å². The smallest absolute Gasteiger partial charge is 0.290 e. The number of rotatable bonds is 2. The molecule has 1 N–H and O–H groups in total. The molecule has 3 heterocycles. The van der Waals surface area contributed by atoms with E-state index in [1.54, 1.807) is 37.8 Å². The zero-order valence-corrected chi connectivity index (χ0v) is 14.6. The molecule has 1 fully saturated rings. The normalized spacial score (nSPS) is 17.9. The fourth-order valence-corrected chi connectivity index (χ4v) is 2.76. The van der Waals surface area contributed by atoms with E-state index in [4.69, 9.17) is 8.94 Å². The van der Waals surface area contributed by atoms with Crippen LogP contribution in [0.2, 0.25) is 0 Å². The molecule has 0 aliphatic carbocycles. The third-order valence-electron chi connectivity index (χ3n) is 3.90. The van der Waals surface area contributed by atoms with Gasteiger partial charge in [-0.15, -0.1) is 0 Å². The van der Waals surface area contributed by atoms with Crippen LogP contribution < -0.4 is 0 Å². The van der Waals surface area contributed by atoms with E-state index in [1.165, 1.54) is 0 Å². The Morgan fingerprint density at radius 3 is 2.88 bits per heavy atom. The van der Waals surface area contributed by atoms with Crippen LogP contribution in [0, 0.1) is 18.8 Å². The number of aromatic nitrogens is 2. The molecular formula is C18H21N3O4. The van der Waals surface area contributed by atoms with Gasteiger partial charge >= 0.3 is 0 Å². The van der Waals surface area contributed by atoms with Gasteiger partial charge in [-0.25, -0.2) is 0 Å². The van der Waals surface area contributed by atoms with Crippen LogP contribution in [0.3, 0.4) is 0 Å². The molecule has 7 heteroatoms. The van der Waals surface area contributed by atoms with Crippen molar-refractivity contribution in [1.29, 1.82) is 0 Å². The molecule has 3 rings (SSSR count). The number of aliphatic hydroxyl groups is 1. The Kier molecular flexibility index (Phi) is 4.64. The number of likely N-dealkylation sites (tertiary alicyclic amines) is 1. The monoisotopic (exact) mass is 343 g/mol. The van der Waals surface area contributed by atoms with Crippen LogP contribution in [0.25, 0.3) is 0 Å². The summed E-state index contributed by atoms with van der Waals surface area (Å²) in [5.74, 6) is 6.73. The Hall–Kier alpha value is -2.59. The van der Waals surface area contributed by atoms with Crippen LogP contribution in [0.5, 0.6) is 0 Å². The summed E-state index contributed by atoms with van der Waals surface area (Å²) in [5, 5.41) is 13.5. The van der Waals surface area contributed by atoms with Crippen molar-refractivity contribution < 1.29 is 18.8 Å². The molecule has 1 aliphatic heterocycles. The minimum Gasteiger partial charge on any atom is -0.443 e. The molecule has 2 aromatic rings. The minimum absolute atomic E-state index is 0.211. The van der Waals surface area contributed by atoms with E-state index < -0.39 is 5.60 Å². The van der Waals surface area contributed by atoms with E-state index in [9.17, 15) is 9.90 Å². The van der Waals surface area contributed by atoms with Gasteiger partial charge in [0.25, 0.3) is 5.91 Å². The largest absolute Gasteiger partial charge is 0.443 e. The Balaban J connectivity index is 1.81. The van der Waals surface area contributed by atoms with Crippen molar-refractivity contribution in [2.45, 2.75) is 51.7 Å². The predicted octanol–water partition coefficient (Wildman–Crippen LogP) is 2.46. The van der Waals surface area contributed by atoms with Crippen molar-refractivity contribution in [3.63, 3.8) is 0 Å². The average molecular weight is 343 g/mol. The quantitative estimate of drug-likeness (QED) is 0.842. The van der Waals surface area contributed by atoms with Crippen LogP contribution in [-0.2, 0) is 0 Å². The molecule has 25 heavy (non-hydrogen) atoms. The number of carbonyl (C=O) groups is 1. The van der Waals surface area contributed by atoms with Crippen LogP contribution in [0.4, 0.5) is 0 Å².